The Hall–Kier alpha value is -2.24. The lowest BCUT2D eigenvalue weighted by atomic mass is 9.81. The Morgan fingerprint density at radius 1 is 1.24 bits per heavy atom. The highest BCUT2D eigenvalue weighted by Gasteiger charge is 2.39. The van der Waals surface area contributed by atoms with Crippen LogP contribution in [0.25, 0.3) is 5.69 Å². The third-order valence-electron chi connectivity index (χ3n) is 4.28. The highest BCUT2D eigenvalue weighted by atomic mass is 16.1. The highest BCUT2D eigenvalue weighted by molar-refractivity contribution is 5.49. The van der Waals surface area contributed by atoms with E-state index in [0.29, 0.717) is 0 Å². The van der Waals surface area contributed by atoms with E-state index in [1.807, 2.05) is 31.2 Å². The molecule has 110 valence electrons. The van der Waals surface area contributed by atoms with E-state index in [1.54, 1.807) is 4.68 Å². The van der Waals surface area contributed by atoms with Gasteiger partial charge in [-0.25, -0.2) is 0 Å². The second-order valence-electron chi connectivity index (χ2n) is 5.61. The van der Waals surface area contributed by atoms with Gasteiger partial charge in [-0.2, -0.15) is 4.68 Å². The molecule has 1 aliphatic carbocycles. The molecule has 1 saturated carbocycles. The van der Waals surface area contributed by atoms with Gasteiger partial charge in [-0.05, 0) is 41.8 Å². The second kappa shape index (κ2) is 5.63. The van der Waals surface area contributed by atoms with Crippen molar-refractivity contribution in [3.63, 3.8) is 0 Å². The van der Waals surface area contributed by atoms with Crippen LogP contribution in [-0.2, 0) is 10.3 Å². The molecule has 0 bridgehead atoms. The second-order valence-corrected chi connectivity index (χ2v) is 5.61. The first-order valence-corrected chi connectivity index (χ1v) is 7.33. The number of hydrogen-bond acceptors (Lipinski definition) is 4. The summed E-state index contributed by atoms with van der Waals surface area (Å²) in [5.41, 5.74) is 1.60. The summed E-state index contributed by atoms with van der Waals surface area (Å²) in [4.78, 5) is 11.1. The molecule has 3 rings (SSSR count). The Balaban J connectivity index is 2.08. The molecule has 1 aliphatic rings. The van der Waals surface area contributed by atoms with Gasteiger partial charge in [0.2, 0.25) is 6.41 Å². The minimum Gasteiger partial charge on any atom is -0.346 e. The smallest absolute Gasteiger partial charge is 0.207 e. The van der Waals surface area contributed by atoms with Gasteiger partial charge in [-0.1, -0.05) is 37.5 Å². The summed E-state index contributed by atoms with van der Waals surface area (Å²) >= 11 is 0. The summed E-state index contributed by atoms with van der Waals surface area (Å²) < 4.78 is 1.76. The summed E-state index contributed by atoms with van der Waals surface area (Å²) in [7, 11) is 0. The maximum atomic E-state index is 11.1. The van der Waals surface area contributed by atoms with Crippen LogP contribution in [0.2, 0.25) is 0 Å². The fraction of sp³-hybridized carbons (Fsp3) is 0.467. The number of hydrogen-bond donors (Lipinski definition) is 1. The molecule has 0 atom stereocenters. The number of benzene rings is 1. The van der Waals surface area contributed by atoms with Gasteiger partial charge >= 0.3 is 0 Å². The van der Waals surface area contributed by atoms with Gasteiger partial charge in [0, 0.05) is 0 Å². The van der Waals surface area contributed by atoms with Crippen molar-refractivity contribution in [3.05, 3.63) is 35.7 Å². The maximum absolute atomic E-state index is 11.1. The van der Waals surface area contributed by atoms with Crippen molar-refractivity contribution in [1.29, 1.82) is 0 Å². The first-order valence-electron chi connectivity index (χ1n) is 7.33. The molecule has 21 heavy (non-hydrogen) atoms. The predicted octanol–water partition coefficient (Wildman–Crippen LogP) is 1.88. The molecule has 1 N–H and O–H groups in total. The van der Waals surface area contributed by atoms with Gasteiger partial charge in [0.15, 0.2) is 5.82 Å². The summed E-state index contributed by atoms with van der Waals surface area (Å²) in [6.07, 6.45) is 5.84. The maximum Gasteiger partial charge on any atom is 0.207 e. The third kappa shape index (κ3) is 2.41. The number of nitrogens with zero attached hydrogens (tertiary/aromatic N) is 4. The molecule has 6 heteroatoms. The van der Waals surface area contributed by atoms with Crippen molar-refractivity contribution in [2.45, 2.75) is 44.6 Å². The monoisotopic (exact) mass is 285 g/mol. The van der Waals surface area contributed by atoms with Gasteiger partial charge in [0.05, 0.1) is 5.69 Å². The van der Waals surface area contributed by atoms with E-state index in [2.05, 4.69) is 20.8 Å². The van der Waals surface area contributed by atoms with Gasteiger partial charge in [-0.3, -0.25) is 4.79 Å². The number of para-hydroxylation sites is 1. The molecule has 0 spiro atoms. The Morgan fingerprint density at radius 2 is 2.00 bits per heavy atom. The minimum absolute atomic E-state index is 0.453. The number of aryl methyl sites for hydroxylation is 1. The van der Waals surface area contributed by atoms with E-state index < -0.39 is 5.54 Å². The van der Waals surface area contributed by atoms with Gasteiger partial charge in [-0.15, -0.1) is 5.10 Å². The Morgan fingerprint density at radius 3 is 2.71 bits per heavy atom. The van der Waals surface area contributed by atoms with Crippen molar-refractivity contribution in [2.75, 3.05) is 0 Å². The lowest BCUT2D eigenvalue weighted by Gasteiger charge is -2.35. The van der Waals surface area contributed by atoms with Gasteiger partial charge in [0.1, 0.15) is 5.54 Å². The highest BCUT2D eigenvalue weighted by Crippen LogP contribution is 2.36. The third-order valence-corrected chi connectivity index (χ3v) is 4.28. The topological polar surface area (TPSA) is 72.7 Å². The summed E-state index contributed by atoms with van der Waals surface area (Å²) in [5, 5.41) is 15.2. The van der Waals surface area contributed by atoms with E-state index in [4.69, 9.17) is 0 Å². The average Bonchev–Trinajstić information content (AvgIpc) is 2.99. The van der Waals surface area contributed by atoms with Crippen molar-refractivity contribution < 1.29 is 4.79 Å². The Bertz CT molecular complexity index is 630. The minimum atomic E-state index is -0.453. The summed E-state index contributed by atoms with van der Waals surface area (Å²) in [6.45, 7) is 2.03. The SMILES string of the molecule is Cc1ccccc1-n1nnnc1C1(NC=O)CCCCC1. The Labute approximate surface area is 123 Å². The van der Waals surface area contributed by atoms with Crippen molar-refractivity contribution in [3.8, 4) is 5.69 Å². The number of tetrazole rings is 1. The zero-order valence-corrected chi connectivity index (χ0v) is 12.1. The predicted molar refractivity (Wildman–Crippen MR) is 77.9 cm³/mol. The summed E-state index contributed by atoms with van der Waals surface area (Å²) in [5.74, 6) is 0.726. The average molecular weight is 285 g/mol. The largest absolute Gasteiger partial charge is 0.346 e. The molecule has 1 heterocycles. The van der Waals surface area contributed by atoms with E-state index >= 15 is 0 Å². The molecule has 2 aromatic rings. The van der Waals surface area contributed by atoms with Crippen LogP contribution < -0.4 is 5.32 Å². The van der Waals surface area contributed by atoms with Crippen LogP contribution in [0.4, 0.5) is 0 Å². The van der Waals surface area contributed by atoms with Crippen molar-refractivity contribution in [2.24, 2.45) is 0 Å². The lowest BCUT2D eigenvalue weighted by Crippen LogP contribution is -2.45. The molecule has 1 fully saturated rings. The molecule has 0 aliphatic heterocycles. The number of carbonyl (C=O) groups is 1. The van der Waals surface area contributed by atoms with Crippen molar-refractivity contribution >= 4 is 6.41 Å². The van der Waals surface area contributed by atoms with Crippen LogP contribution in [0.15, 0.2) is 24.3 Å². The standard InChI is InChI=1S/C15H19N5O/c1-12-7-3-4-8-13(12)20-14(17-18-19-20)15(16-11-21)9-5-2-6-10-15/h3-4,7-8,11H,2,5-6,9-10H2,1H3,(H,16,21). The van der Waals surface area contributed by atoms with E-state index in [0.717, 1.165) is 49.2 Å². The van der Waals surface area contributed by atoms with Crippen LogP contribution in [0.1, 0.15) is 43.5 Å². The van der Waals surface area contributed by atoms with Crippen molar-refractivity contribution in [1.82, 2.24) is 25.5 Å². The lowest BCUT2D eigenvalue weighted by molar-refractivity contribution is -0.111. The van der Waals surface area contributed by atoms with Crippen LogP contribution in [0.5, 0.6) is 0 Å². The van der Waals surface area contributed by atoms with Crippen LogP contribution >= 0.6 is 0 Å². The number of rotatable bonds is 4. The fourth-order valence-corrected chi connectivity index (χ4v) is 3.15. The van der Waals surface area contributed by atoms with E-state index in [9.17, 15) is 4.79 Å². The normalized spacial score (nSPS) is 17.4. The molecule has 1 aromatic carbocycles. The summed E-state index contributed by atoms with van der Waals surface area (Å²) in [6, 6.07) is 7.98. The first kappa shape index (κ1) is 13.7. The van der Waals surface area contributed by atoms with E-state index in [1.165, 1.54) is 6.42 Å². The number of aromatic nitrogens is 4. The van der Waals surface area contributed by atoms with E-state index in [-0.39, 0.29) is 0 Å². The molecule has 6 nitrogen and oxygen atoms in total. The molecule has 0 radical (unpaired) electrons. The number of carbonyl (C=O) groups excluding carboxylic acids is 1. The zero-order chi connectivity index (χ0) is 14.7. The molecule has 0 unspecified atom stereocenters. The van der Waals surface area contributed by atoms with Gasteiger partial charge in [0.25, 0.3) is 0 Å². The molecule has 1 amide bonds. The molecular formula is C15H19N5O. The van der Waals surface area contributed by atoms with Crippen LogP contribution in [0, 0.1) is 6.92 Å². The Kier molecular flexibility index (Phi) is 3.68. The van der Waals surface area contributed by atoms with Gasteiger partial charge < -0.3 is 5.32 Å². The van der Waals surface area contributed by atoms with Crippen LogP contribution in [-0.4, -0.2) is 26.6 Å². The quantitative estimate of drug-likeness (QED) is 0.870. The zero-order valence-electron chi connectivity index (χ0n) is 12.1. The molecule has 1 aromatic heterocycles. The number of nitrogens with one attached hydrogen (secondary N) is 1. The molecule has 0 saturated heterocycles. The first-order chi connectivity index (χ1) is 10.3. The fourth-order valence-electron chi connectivity index (χ4n) is 3.15. The molecular weight excluding hydrogens is 266 g/mol. The number of amides is 1. The van der Waals surface area contributed by atoms with Crippen LogP contribution in [0.3, 0.4) is 0 Å².